The lowest BCUT2D eigenvalue weighted by molar-refractivity contribution is -0.150. The number of carbonyl (C=O) groups is 11. The molecule has 0 spiro atoms. The fourth-order valence-corrected chi connectivity index (χ4v) is 7.80. The van der Waals surface area contributed by atoms with Gasteiger partial charge in [-0.3, -0.25) is 43.2 Å². The zero-order valence-electron chi connectivity index (χ0n) is 51.7. The van der Waals surface area contributed by atoms with Gasteiger partial charge in [0.2, 0.25) is 53.2 Å². The quantitative estimate of drug-likeness (QED) is 0.0496. The first kappa shape index (κ1) is 72.2. The van der Waals surface area contributed by atoms with Gasteiger partial charge in [-0.25, -0.2) is 9.59 Å². The van der Waals surface area contributed by atoms with E-state index in [0.29, 0.717) is 6.42 Å². The van der Waals surface area contributed by atoms with Crippen LogP contribution in [-0.2, 0) is 68.8 Å². The van der Waals surface area contributed by atoms with Gasteiger partial charge in [-0.1, -0.05) is 106 Å². The van der Waals surface area contributed by atoms with Crippen LogP contribution in [0.5, 0.6) is 0 Å². The summed E-state index contributed by atoms with van der Waals surface area (Å²) in [6.45, 7) is 31.5. The lowest BCUT2D eigenvalue weighted by Crippen LogP contribution is -2.66. The summed E-state index contributed by atoms with van der Waals surface area (Å²) in [5.41, 5.74) is -4.87. The van der Waals surface area contributed by atoms with Crippen molar-refractivity contribution in [3.05, 3.63) is 35.9 Å². The number of hydrogen-bond acceptors (Lipinski definition) is 14. The SMILES string of the molecule is CC[C@@H](C)[C@@H](NC(=O)[C@H](NC(=O)[C@H](NC(=O)C(C)(C)NC(=O)CNC(=O)[C@H](NC(=O)OC(C)(C)C)C(C)C)C(C)C)C(C)C)C(=O)NC(C)(C)C(=O)N[C@@H](C(=O)N[C@H](C(=O)NC(C)(C)C(=O)OC)C(C)C)[C@H](C)OCc1ccccc1. The van der Waals surface area contributed by atoms with Crippen LogP contribution >= 0.6 is 0 Å². The van der Waals surface area contributed by atoms with Crippen LogP contribution < -0.4 is 53.2 Å². The molecule has 0 radical (unpaired) electrons. The Hall–Kier alpha value is -6.85. The molecule has 10 N–H and O–H groups in total. The van der Waals surface area contributed by atoms with Gasteiger partial charge >= 0.3 is 12.1 Å². The lowest BCUT2D eigenvalue weighted by Gasteiger charge is -2.34. The molecule has 0 aliphatic heterocycles. The molecule has 1 aromatic carbocycles. The molecule has 1 aromatic rings. The average Bonchev–Trinajstić information content (AvgIpc) is 3.35. The zero-order chi connectivity index (χ0) is 62.7. The van der Waals surface area contributed by atoms with E-state index >= 15 is 0 Å². The van der Waals surface area contributed by atoms with Crippen LogP contribution in [0.1, 0.15) is 150 Å². The summed E-state index contributed by atoms with van der Waals surface area (Å²) in [5.74, 6) is -9.97. The molecule has 24 heteroatoms. The van der Waals surface area contributed by atoms with Gasteiger partial charge in [-0.2, -0.15) is 0 Å². The van der Waals surface area contributed by atoms with Gasteiger partial charge < -0.3 is 67.4 Å². The van der Waals surface area contributed by atoms with Crippen LogP contribution in [-0.4, -0.2) is 143 Å². The van der Waals surface area contributed by atoms with Gasteiger partial charge in [0.15, 0.2) is 0 Å². The van der Waals surface area contributed by atoms with Crippen LogP contribution in [0.2, 0.25) is 0 Å². The number of ether oxygens (including phenoxy) is 3. The minimum atomic E-state index is -1.75. The predicted molar refractivity (Wildman–Crippen MR) is 304 cm³/mol. The molecule has 8 atom stereocenters. The number of amides is 10. The minimum Gasteiger partial charge on any atom is -0.467 e. The van der Waals surface area contributed by atoms with E-state index in [1.165, 1.54) is 48.7 Å². The topological polar surface area (TPSA) is 336 Å². The van der Waals surface area contributed by atoms with Crippen LogP contribution in [0.3, 0.4) is 0 Å². The molecule has 0 unspecified atom stereocenters. The van der Waals surface area contributed by atoms with E-state index in [-0.39, 0.29) is 12.5 Å². The standard InChI is InChI=1S/C57H96N10O14/c1-22-34(10)42(49(74)66-56(17,18)51(76)63-43(35(11)80-29-36-26-24-23-25-27-36)47(72)60-41(33(8)9)48(73)67-57(19,20)52(77)79-21)61-45(70)39(31(4)5)59-46(71)40(32(6)7)62-50(75)55(15,16)65-37(68)28-58-44(69)38(30(2)3)64-53(78)81-54(12,13)14/h23-27,30-35,38-43H,22,28-29H2,1-21H3,(H,58,69)(H,59,71)(H,60,72)(H,61,70)(H,62,75)(H,63,76)(H,64,78)(H,65,68)(H,66,74)(H,67,73)/t34-,35+,38-,39-,40-,41+,42-,43-/m1/s1. The highest BCUT2D eigenvalue weighted by Crippen LogP contribution is 2.17. The molecule has 10 amide bonds. The van der Waals surface area contributed by atoms with Crippen molar-refractivity contribution in [1.29, 1.82) is 0 Å². The smallest absolute Gasteiger partial charge is 0.408 e. The van der Waals surface area contributed by atoms with E-state index in [1.807, 2.05) is 30.3 Å². The molecule has 0 aromatic heterocycles. The molecule has 0 aliphatic rings. The minimum absolute atomic E-state index is 0.0468. The number of esters is 1. The average molecular weight is 1150 g/mol. The Labute approximate surface area is 479 Å². The number of hydrogen-bond donors (Lipinski definition) is 10. The Bertz CT molecular complexity index is 2350. The Morgan fingerprint density at radius 2 is 0.864 bits per heavy atom. The van der Waals surface area contributed by atoms with Gasteiger partial charge in [0.25, 0.3) is 0 Å². The second-order valence-corrected chi connectivity index (χ2v) is 24.5. The molecule has 0 bridgehead atoms. The first-order valence-electron chi connectivity index (χ1n) is 27.6. The molecule has 0 fully saturated rings. The molecule has 458 valence electrons. The Balaban J connectivity index is 3.33. The van der Waals surface area contributed by atoms with E-state index in [4.69, 9.17) is 14.2 Å². The summed E-state index contributed by atoms with van der Waals surface area (Å²) in [7, 11) is 1.18. The first-order chi connectivity index (χ1) is 37.1. The molecule has 81 heavy (non-hydrogen) atoms. The summed E-state index contributed by atoms with van der Waals surface area (Å²) in [6, 6.07) is 1.67. The van der Waals surface area contributed by atoms with Crippen molar-refractivity contribution in [3.63, 3.8) is 0 Å². The highest BCUT2D eigenvalue weighted by atomic mass is 16.6. The van der Waals surface area contributed by atoms with Crippen LogP contribution in [0, 0.1) is 29.6 Å². The molecule has 1 rings (SSSR count). The lowest BCUT2D eigenvalue weighted by atomic mass is 9.94. The van der Waals surface area contributed by atoms with Gasteiger partial charge in [0, 0.05) is 0 Å². The Kier molecular flexibility index (Phi) is 28.0. The van der Waals surface area contributed by atoms with Crippen molar-refractivity contribution in [2.75, 3.05) is 13.7 Å². The van der Waals surface area contributed by atoms with Gasteiger partial charge in [-0.05, 0) is 104 Å². The number of benzene rings is 1. The summed E-state index contributed by atoms with van der Waals surface area (Å²) < 4.78 is 16.2. The van der Waals surface area contributed by atoms with Crippen molar-refractivity contribution in [2.24, 2.45) is 29.6 Å². The number of nitrogens with one attached hydrogen (secondary N) is 10. The third-order valence-corrected chi connectivity index (χ3v) is 13.1. The summed E-state index contributed by atoms with van der Waals surface area (Å²) in [4.78, 5) is 149. The van der Waals surface area contributed by atoms with Gasteiger partial charge in [0.05, 0.1) is 26.4 Å². The highest BCUT2D eigenvalue weighted by Gasteiger charge is 2.42. The summed E-state index contributed by atoms with van der Waals surface area (Å²) >= 11 is 0. The third-order valence-electron chi connectivity index (χ3n) is 13.1. The number of methoxy groups -OCH3 is 1. The van der Waals surface area contributed by atoms with E-state index < -0.39 is 160 Å². The zero-order valence-corrected chi connectivity index (χ0v) is 51.7. The molecule has 0 saturated carbocycles. The Morgan fingerprint density at radius 3 is 1.32 bits per heavy atom. The van der Waals surface area contributed by atoms with Crippen LogP contribution in [0.4, 0.5) is 4.79 Å². The third kappa shape index (κ3) is 23.6. The molecular formula is C57H96N10O14. The maximum absolute atomic E-state index is 14.3. The number of carbonyl (C=O) groups excluding carboxylic acids is 11. The maximum Gasteiger partial charge on any atom is 0.408 e. The second-order valence-electron chi connectivity index (χ2n) is 24.5. The van der Waals surface area contributed by atoms with Crippen molar-refractivity contribution in [3.8, 4) is 0 Å². The molecule has 0 saturated heterocycles. The summed E-state index contributed by atoms with van der Waals surface area (Å²) in [5, 5.41) is 26.4. The predicted octanol–water partition coefficient (Wildman–Crippen LogP) is 2.55. The maximum atomic E-state index is 14.3. The van der Waals surface area contributed by atoms with E-state index in [0.717, 1.165) is 5.56 Å². The van der Waals surface area contributed by atoms with E-state index in [2.05, 4.69) is 53.2 Å². The van der Waals surface area contributed by atoms with Gasteiger partial charge in [-0.15, -0.1) is 0 Å². The molecule has 0 aliphatic carbocycles. The van der Waals surface area contributed by atoms with Crippen LogP contribution in [0.25, 0.3) is 0 Å². The van der Waals surface area contributed by atoms with Crippen LogP contribution in [0.15, 0.2) is 30.3 Å². The first-order valence-corrected chi connectivity index (χ1v) is 27.6. The normalized spacial score (nSPS) is 15.0. The monoisotopic (exact) mass is 1140 g/mol. The second kappa shape index (κ2) is 31.4. The number of rotatable bonds is 30. The fourth-order valence-electron chi connectivity index (χ4n) is 7.80. The summed E-state index contributed by atoms with van der Waals surface area (Å²) in [6.07, 6.45) is -1.44. The van der Waals surface area contributed by atoms with E-state index in [9.17, 15) is 52.7 Å². The van der Waals surface area contributed by atoms with Gasteiger partial charge in [0.1, 0.15) is 58.5 Å². The Morgan fingerprint density at radius 1 is 0.469 bits per heavy atom. The van der Waals surface area contributed by atoms with Crippen molar-refractivity contribution in [2.45, 2.75) is 216 Å². The van der Waals surface area contributed by atoms with Crippen molar-refractivity contribution >= 4 is 65.2 Å². The fraction of sp³-hybridized carbons (Fsp3) is 0.702. The molecule has 24 nitrogen and oxygen atoms in total. The van der Waals surface area contributed by atoms with E-state index in [1.54, 1.807) is 96.9 Å². The highest BCUT2D eigenvalue weighted by molar-refractivity contribution is 6.00. The molecule has 0 heterocycles. The van der Waals surface area contributed by atoms with Crippen molar-refractivity contribution < 1.29 is 67.0 Å². The largest absolute Gasteiger partial charge is 0.467 e. The van der Waals surface area contributed by atoms with Crippen molar-refractivity contribution in [1.82, 2.24) is 53.2 Å². The molecular weight excluding hydrogens is 1050 g/mol. The number of alkyl carbamates (subject to hydrolysis) is 1.